The van der Waals surface area contributed by atoms with Crippen LogP contribution < -0.4 is 9.64 Å². The van der Waals surface area contributed by atoms with E-state index in [4.69, 9.17) is 21.1 Å². The van der Waals surface area contributed by atoms with E-state index in [1.54, 1.807) is 41.0 Å². The lowest BCUT2D eigenvalue weighted by Crippen LogP contribution is -2.34. The molecule has 0 bridgehead atoms. The van der Waals surface area contributed by atoms with Gasteiger partial charge < -0.3 is 9.47 Å². The van der Waals surface area contributed by atoms with E-state index in [2.05, 4.69) is 10.2 Å². The number of rotatable bonds is 3. The summed E-state index contributed by atoms with van der Waals surface area (Å²) in [5, 5.41) is 8.14. The third-order valence-electron chi connectivity index (χ3n) is 3.14. The van der Waals surface area contributed by atoms with Gasteiger partial charge in [-0.3, -0.25) is 4.90 Å². The first-order valence-corrected chi connectivity index (χ1v) is 7.73. The summed E-state index contributed by atoms with van der Waals surface area (Å²) in [5.41, 5.74) is 1.25. The monoisotopic (exact) mass is 349 g/mol. The number of benzene rings is 1. The Labute approximate surface area is 146 Å². The van der Waals surface area contributed by atoms with Crippen molar-refractivity contribution in [2.45, 2.75) is 26.4 Å². The Balaban J connectivity index is 2.32. The highest BCUT2D eigenvalue weighted by molar-refractivity contribution is 6.32. The molecular weight excluding hydrogens is 330 g/mol. The second-order valence-electron chi connectivity index (χ2n) is 6.17. The molecule has 0 saturated carbocycles. The van der Waals surface area contributed by atoms with Crippen LogP contribution >= 0.6 is 11.6 Å². The van der Waals surface area contributed by atoms with Gasteiger partial charge in [-0.15, -0.1) is 10.2 Å². The summed E-state index contributed by atoms with van der Waals surface area (Å²) < 4.78 is 10.5. The maximum absolute atomic E-state index is 12.2. The molecule has 0 spiro atoms. The molecule has 0 N–H and O–H groups in total. The van der Waals surface area contributed by atoms with Crippen molar-refractivity contribution in [2.75, 3.05) is 19.1 Å². The van der Waals surface area contributed by atoms with Gasteiger partial charge in [-0.2, -0.15) is 0 Å². The molecule has 0 aliphatic heterocycles. The van der Waals surface area contributed by atoms with Crippen molar-refractivity contribution in [1.29, 1.82) is 0 Å². The average molecular weight is 350 g/mol. The van der Waals surface area contributed by atoms with Crippen molar-refractivity contribution in [3.8, 4) is 17.0 Å². The van der Waals surface area contributed by atoms with Gasteiger partial charge in [0.15, 0.2) is 5.15 Å². The predicted molar refractivity (Wildman–Crippen MR) is 93.7 cm³/mol. The number of amides is 1. The molecule has 1 amide bonds. The number of methoxy groups -OCH3 is 1. The van der Waals surface area contributed by atoms with Crippen LogP contribution in [0.5, 0.6) is 5.75 Å². The second kappa shape index (κ2) is 7.05. The largest absolute Gasteiger partial charge is 0.497 e. The van der Waals surface area contributed by atoms with Crippen LogP contribution in [0.25, 0.3) is 11.3 Å². The molecule has 7 heteroatoms. The standard InChI is InChI=1S/C17H20ClN3O3/c1-17(2,3)24-16(22)21(4)14-10-13(19-20-15(14)18)11-6-8-12(23-5)9-7-11/h6-10H,1-5H3. The number of anilines is 1. The van der Waals surface area contributed by atoms with Gasteiger partial charge >= 0.3 is 6.09 Å². The normalized spacial score (nSPS) is 11.1. The van der Waals surface area contributed by atoms with Gasteiger partial charge in [0.25, 0.3) is 0 Å². The first-order chi connectivity index (χ1) is 11.2. The van der Waals surface area contributed by atoms with Gasteiger partial charge in [0, 0.05) is 12.6 Å². The molecule has 1 heterocycles. The van der Waals surface area contributed by atoms with E-state index in [0.717, 1.165) is 11.3 Å². The molecule has 1 aromatic heterocycles. The molecule has 0 fully saturated rings. The Morgan fingerprint density at radius 1 is 1.17 bits per heavy atom. The Morgan fingerprint density at radius 3 is 2.33 bits per heavy atom. The molecule has 2 rings (SSSR count). The molecule has 0 radical (unpaired) electrons. The predicted octanol–water partition coefficient (Wildman–Crippen LogP) is 4.18. The van der Waals surface area contributed by atoms with E-state index < -0.39 is 11.7 Å². The van der Waals surface area contributed by atoms with Gasteiger partial charge in [-0.05, 0) is 51.1 Å². The number of nitrogens with zero attached hydrogens (tertiary/aromatic N) is 3. The zero-order chi connectivity index (χ0) is 17.9. The molecule has 0 aliphatic rings. The van der Waals surface area contributed by atoms with Crippen LogP contribution in [0.3, 0.4) is 0 Å². The highest BCUT2D eigenvalue weighted by Crippen LogP contribution is 2.29. The molecule has 1 aromatic carbocycles. The summed E-state index contributed by atoms with van der Waals surface area (Å²) in [6.07, 6.45) is -0.516. The maximum Gasteiger partial charge on any atom is 0.414 e. The van der Waals surface area contributed by atoms with Crippen molar-refractivity contribution in [3.05, 3.63) is 35.5 Å². The molecule has 6 nitrogen and oxygen atoms in total. The number of carbonyl (C=O) groups is 1. The summed E-state index contributed by atoms with van der Waals surface area (Å²) in [6.45, 7) is 5.40. The second-order valence-corrected chi connectivity index (χ2v) is 6.53. The van der Waals surface area contributed by atoms with Crippen molar-refractivity contribution < 1.29 is 14.3 Å². The van der Waals surface area contributed by atoms with Gasteiger partial charge in [0.2, 0.25) is 0 Å². The van der Waals surface area contributed by atoms with Crippen LogP contribution in [0, 0.1) is 0 Å². The van der Waals surface area contributed by atoms with E-state index in [-0.39, 0.29) is 5.15 Å². The SMILES string of the molecule is COc1ccc(-c2cc(N(C)C(=O)OC(C)(C)C)c(Cl)nn2)cc1. The van der Waals surface area contributed by atoms with Crippen molar-refractivity contribution in [3.63, 3.8) is 0 Å². The van der Waals surface area contributed by atoms with Gasteiger partial charge in [-0.1, -0.05) is 11.6 Å². The summed E-state index contributed by atoms with van der Waals surface area (Å²) in [6, 6.07) is 9.05. The maximum atomic E-state index is 12.2. The quantitative estimate of drug-likeness (QED) is 0.831. The van der Waals surface area contributed by atoms with Crippen LogP contribution in [-0.2, 0) is 4.74 Å². The van der Waals surface area contributed by atoms with Crippen LogP contribution in [0.4, 0.5) is 10.5 Å². The lowest BCUT2D eigenvalue weighted by atomic mass is 10.1. The lowest BCUT2D eigenvalue weighted by Gasteiger charge is -2.25. The summed E-state index contributed by atoms with van der Waals surface area (Å²) in [5.74, 6) is 0.742. The summed E-state index contributed by atoms with van der Waals surface area (Å²) >= 11 is 6.10. The van der Waals surface area contributed by atoms with E-state index in [0.29, 0.717) is 11.4 Å². The zero-order valence-corrected chi connectivity index (χ0v) is 15.1. The van der Waals surface area contributed by atoms with Crippen LogP contribution in [-0.4, -0.2) is 36.0 Å². The fraction of sp³-hybridized carbons (Fsp3) is 0.353. The minimum absolute atomic E-state index is 0.126. The molecule has 0 atom stereocenters. The van der Waals surface area contributed by atoms with Crippen LogP contribution in [0.1, 0.15) is 20.8 Å². The number of hydrogen-bond acceptors (Lipinski definition) is 5. The first kappa shape index (κ1) is 18.0. The minimum atomic E-state index is -0.600. The number of hydrogen-bond donors (Lipinski definition) is 0. The average Bonchev–Trinajstić information content (AvgIpc) is 2.53. The third-order valence-corrected chi connectivity index (χ3v) is 3.41. The van der Waals surface area contributed by atoms with Crippen LogP contribution in [0.2, 0.25) is 5.15 Å². The van der Waals surface area contributed by atoms with E-state index in [9.17, 15) is 4.79 Å². The van der Waals surface area contributed by atoms with E-state index in [1.165, 1.54) is 4.90 Å². The zero-order valence-electron chi connectivity index (χ0n) is 14.3. The van der Waals surface area contributed by atoms with Crippen molar-refractivity contribution in [2.24, 2.45) is 0 Å². The third kappa shape index (κ3) is 4.35. The molecule has 24 heavy (non-hydrogen) atoms. The van der Waals surface area contributed by atoms with Crippen molar-refractivity contribution in [1.82, 2.24) is 10.2 Å². The molecule has 0 unspecified atom stereocenters. The topological polar surface area (TPSA) is 64.5 Å². The Bertz CT molecular complexity index is 727. The Morgan fingerprint density at radius 2 is 1.79 bits per heavy atom. The lowest BCUT2D eigenvalue weighted by molar-refractivity contribution is 0.0589. The summed E-state index contributed by atoms with van der Waals surface area (Å²) in [4.78, 5) is 13.5. The number of aromatic nitrogens is 2. The van der Waals surface area contributed by atoms with Crippen molar-refractivity contribution >= 4 is 23.4 Å². The fourth-order valence-electron chi connectivity index (χ4n) is 1.93. The Kier molecular flexibility index (Phi) is 5.29. The van der Waals surface area contributed by atoms with Gasteiger partial charge in [0.05, 0.1) is 18.5 Å². The van der Waals surface area contributed by atoms with Gasteiger partial charge in [-0.25, -0.2) is 4.79 Å². The highest BCUT2D eigenvalue weighted by Gasteiger charge is 2.23. The number of ether oxygens (including phenoxy) is 2. The Hall–Kier alpha value is -2.34. The smallest absolute Gasteiger partial charge is 0.414 e. The van der Waals surface area contributed by atoms with E-state index >= 15 is 0 Å². The summed E-state index contributed by atoms with van der Waals surface area (Å²) in [7, 11) is 3.18. The molecular formula is C17H20ClN3O3. The van der Waals surface area contributed by atoms with Gasteiger partial charge in [0.1, 0.15) is 11.4 Å². The minimum Gasteiger partial charge on any atom is -0.497 e. The molecule has 128 valence electrons. The molecule has 2 aromatic rings. The van der Waals surface area contributed by atoms with E-state index in [1.807, 2.05) is 24.3 Å². The number of carbonyl (C=O) groups excluding carboxylic acids is 1. The first-order valence-electron chi connectivity index (χ1n) is 7.35. The highest BCUT2D eigenvalue weighted by atomic mass is 35.5. The fourth-order valence-corrected chi connectivity index (χ4v) is 2.15. The number of halogens is 1. The molecule has 0 aliphatic carbocycles. The van der Waals surface area contributed by atoms with Crippen LogP contribution in [0.15, 0.2) is 30.3 Å². The molecule has 0 saturated heterocycles.